The van der Waals surface area contributed by atoms with Crippen LogP contribution in [0.2, 0.25) is 0 Å². The quantitative estimate of drug-likeness (QED) is 0.268. The Morgan fingerprint density at radius 3 is 2.44 bits per heavy atom. The van der Waals surface area contributed by atoms with Crippen LogP contribution in [0.3, 0.4) is 0 Å². The molecule has 2 spiro atoms. The summed E-state index contributed by atoms with van der Waals surface area (Å²) in [5.74, 6) is -0.455. The SMILES string of the molecule is C[C@@H]1CC(=O)[C@H](O)[C@@]2(O)C[C@@]3(C)C4=CC[C@H]5C(C)(C)[C@@H](O[C@@H]6OC[C@@H](O)[C@H](O)[C@H]6O)CC[C@@]56C[C@@]46[C@@H](O)C[C@]3(C)[C@@H]12. The molecule has 41 heavy (non-hydrogen) atoms. The van der Waals surface area contributed by atoms with Gasteiger partial charge in [-0.05, 0) is 77.9 Å². The van der Waals surface area contributed by atoms with Gasteiger partial charge in [-0.25, -0.2) is 0 Å². The molecule has 6 aliphatic carbocycles. The van der Waals surface area contributed by atoms with Crippen molar-refractivity contribution in [1.29, 1.82) is 0 Å². The number of carbonyl (C=O) groups is 1. The molecule has 1 saturated heterocycles. The van der Waals surface area contributed by atoms with Gasteiger partial charge in [-0.1, -0.05) is 46.3 Å². The molecule has 0 aromatic heterocycles. The van der Waals surface area contributed by atoms with Gasteiger partial charge >= 0.3 is 0 Å². The lowest BCUT2D eigenvalue weighted by molar-refractivity contribution is -0.301. The monoisotopic (exact) mass is 576 g/mol. The fourth-order valence-electron chi connectivity index (χ4n) is 12.3. The lowest BCUT2D eigenvalue weighted by Crippen LogP contribution is -2.61. The number of aliphatic hydroxyl groups is 6. The Hall–Kier alpha value is -0.910. The van der Waals surface area contributed by atoms with Gasteiger partial charge in [-0.3, -0.25) is 4.79 Å². The van der Waals surface area contributed by atoms with Crippen molar-refractivity contribution in [3.8, 4) is 0 Å². The van der Waals surface area contributed by atoms with Crippen LogP contribution < -0.4 is 0 Å². The summed E-state index contributed by atoms with van der Waals surface area (Å²) < 4.78 is 11.9. The normalized spacial score (nSPS) is 60.7. The van der Waals surface area contributed by atoms with Crippen molar-refractivity contribution in [2.24, 2.45) is 44.8 Å². The van der Waals surface area contributed by atoms with Crippen molar-refractivity contribution in [2.75, 3.05) is 6.61 Å². The second-order valence-electron chi connectivity index (χ2n) is 16.1. The van der Waals surface area contributed by atoms with E-state index in [-0.39, 0.29) is 53.5 Å². The van der Waals surface area contributed by atoms with Gasteiger partial charge in [-0.15, -0.1) is 0 Å². The molecular weight excluding hydrogens is 528 g/mol. The molecule has 15 atom stereocenters. The van der Waals surface area contributed by atoms with Crippen molar-refractivity contribution in [3.63, 3.8) is 0 Å². The highest BCUT2D eigenvalue weighted by atomic mass is 16.7. The molecule has 1 heterocycles. The molecule has 230 valence electrons. The highest BCUT2D eigenvalue weighted by molar-refractivity contribution is 5.86. The summed E-state index contributed by atoms with van der Waals surface area (Å²) in [5, 5.41) is 65.8. The molecule has 7 rings (SSSR count). The van der Waals surface area contributed by atoms with Gasteiger partial charge in [0.1, 0.15) is 30.0 Å². The number of ketones is 1. The van der Waals surface area contributed by atoms with E-state index in [9.17, 15) is 35.4 Å². The predicted molar refractivity (Wildman–Crippen MR) is 146 cm³/mol. The minimum atomic E-state index is -1.51. The number of hydrogen-bond donors (Lipinski definition) is 6. The fourth-order valence-corrected chi connectivity index (χ4v) is 12.3. The van der Waals surface area contributed by atoms with Crippen LogP contribution in [0.15, 0.2) is 11.6 Å². The molecule has 0 unspecified atom stereocenters. The molecule has 6 fully saturated rings. The number of rotatable bonds is 2. The summed E-state index contributed by atoms with van der Waals surface area (Å²) in [6, 6.07) is 0. The standard InChI is InChI=1S/C32H48O9/c1-15-10-16(33)25(38)32(39)13-29(5)19-7-6-18-27(2,3)21(41-26-23(37)22(36)17(34)12-40-26)8-9-30(18)14-31(19,30)20(35)11-28(29,4)24(15)32/h7,15,17-18,20-26,34-39H,6,8-14H2,1-5H3/t15-,17-,18+,20+,21+,22+,23-,24-,25+,26+,28-,29+,30-,31+,32-/m1/s1. The summed E-state index contributed by atoms with van der Waals surface area (Å²) in [7, 11) is 0. The van der Waals surface area contributed by atoms with Crippen LogP contribution in [-0.4, -0.2) is 91.5 Å². The molecule has 5 saturated carbocycles. The number of carbonyl (C=O) groups excluding carboxylic acids is 1. The maximum Gasteiger partial charge on any atom is 0.186 e. The van der Waals surface area contributed by atoms with Crippen LogP contribution >= 0.6 is 0 Å². The Kier molecular flexibility index (Phi) is 5.92. The van der Waals surface area contributed by atoms with E-state index in [2.05, 4.69) is 33.8 Å². The fraction of sp³-hybridized carbons (Fsp3) is 0.906. The topological polar surface area (TPSA) is 157 Å². The highest BCUT2D eigenvalue weighted by Gasteiger charge is 2.85. The molecule has 1 aliphatic heterocycles. The highest BCUT2D eigenvalue weighted by Crippen LogP contribution is 2.88. The van der Waals surface area contributed by atoms with Crippen LogP contribution in [0.5, 0.6) is 0 Å². The molecular formula is C32H48O9. The summed E-state index contributed by atoms with van der Waals surface area (Å²) in [6.07, 6.45) is -0.461. The van der Waals surface area contributed by atoms with Crippen LogP contribution in [-0.2, 0) is 14.3 Å². The zero-order valence-electron chi connectivity index (χ0n) is 24.9. The van der Waals surface area contributed by atoms with Crippen LogP contribution in [0.1, 0.15) is 79.6 Å². The molecule has 0 bridgehead atoms. The third-order valence-corrected chi connectivity index (χ3v) is 14.2. The van der Waals surface area contributed by atoms with E-state index in [4.69, 9.17) is 9.47 Å². The Balaban J connectivity index is 1.23. The maximum absolute atomic E-state index is 12.7. The first-order valence-electron chi connectivity index (χ1n) is 15.6. The van der Waals surface area contributed by atoms with Gasteiger partial charge in [-0.2, -0.15) is 0 Å². The van der Waals surface area contributed by atoms with Crippen LogP contribution in [0.4, 0.5) is 0 Å². The van der Waals surface area contributed by atoms with E-state index >= 15 is 0 Å². The lowest BCUT2D eigenvalue weighted by Gasteiger charge is -2.61. The van der Waals surface area contributed by atoms with E-state index in [1.807, 2.05) is 6.92 Å². The first-order valence-corrected chi connectivity index (χ1v) is 15.6. The molecule has 0 amide bonds. The van der Waals surface area contributed by atoms with Gasteiger partial charge in [0.25, 0.3) is 0 Å². The van der Waals surface area contributed by atoms with E-state index in [1.54, 1.807) is 0 Å². The van der Waals surface area contributed by atoms with Gasteiger partial charge in [0.05, 0.1) is 18.8 Å². The summed E-state index contributed by atoms with van der Waals surface area (Å²) in [5.41, 5.74) is -2.07. The maximum atomic E-state index is 12.7. The van der Waals surface area contributed by atoms with E-state index in [0.717, 1.165) is 19.3 Å². The number of hydrogen-bond acceptors (Lipinski definition) is 9. The van der Waals surface area contributed by atoms with Crippen molar-refractivity contribution in [1.82, 2.24) is 0 Å². The minimum absolute atomic E-state index is 0.0856. The number of ether oxygens (including phenoxy) is 2. The molecule has 9 heteroatoms. The van der Waals surface area contributed by atoms with Gasteiger partial charge < -0.3 is 40.1 Å². The number of allylic oxidation sites excluding steroid dienone is 1. The van der Waals surface area contributed by atoms with Crippen molar-refractivity contribution in [2.45, 2.75) is 128 Å². The second kappa shape index (κ2) is 8.42. The minimum Gasteiger partial charge on any atom is -0.392 e. The Morgan fingerprint density at radius 2 is 1.73 bits per heavy atom. The smallest absolute Gasteiger partial charge is 0.186 e. The van der Waals surface area contributed by atoms with Crippen molar-refractivity contribution < 1.29 is 44.9 Å². The van der Waals surface area contributed by atoms with Crippen molar-refractivity contribution in [3.05, 3.63) is 11.6 Å². The first kappa shape index (κ1) is 28.8. The summed E-state index contributed by atoms with van der Waals surface area (Å²) in [4.78, 5) is 12.7. The number of aliphatic hydroxyl groups excluding tert-OH is 5. The zero-order valence-corrected chi connectivity index (χ0v) is 24.9. The average Bonchev–Trinajstić information content (AvgIpc) is 3.53. The Morgan fingerprint density at radius 1 is 1.02 bits per heavy atom. The Bertz CT molecular complexity index is 1190. The van der Waals surface area contributed by atoms with Crippen molar-refractivity contribution >= 4 is 5.78 Å². The zero-order chi connectivity index (χ0) is 29.7. The van der Waals surface area contributed by atoms with Crippen LogP contribution in [0.25, 0.3) is 0 Å². The molecule has 6 N–H and O–H groups in total. The Labute approximate surface area is 241 Å². The molecule has 0 aromatic rings. The largest absolute Gasteiger partial charge is 0.392 e. The number of Topliss-reactive ketones (excluding diaryl/α,β-unsaturated/α-hetero) is 1. The van der Waals surface area contributed by atoms with Gasteiger partial charge in [0.2, 0.25) is 0 Å². The third-order valence-electron chi connectivity index (χ3n) is 14.2. The molecule has 0 aromatic carbocycles. The van der Waals surface area contributed by atoms with Gasteiger partial charge in [0.15, 0.2) is 12.1 Å². The summed E-state index contributed by atoms with van der Waals surface area (Å²) >= 11 is 0. The molecule has 0 radical (unpaired) electrons. The molecule has 7 aliphatic rings. The number of fused-ring (bicyclic) bond motifs is 4. The van der Waals surface area contributed by atoms with E-state index in [1.165, 1.54) is 5.57 Å². The van der Waals surface area contributed by atoms with E-state index < -0.39 is 58.7 Å². The van der Waals surface area contributed by atoms with Crippen LogP contribution in [0, 0.1) is 44.8 Å². The molecule has 9 nitrogen and oxygen atoms in total. The first-order chi connectivity index (χ1) is 19.0. The predicted octanol–water partition coefficient (Wildman–Crippen LogP) is 1.45. The second-order valence-corrected chi connectivity index (χ2v) is 16.1. The summed E-state index contributed by atoms with van der Waals surface area (Å²) in [6.45, 7) is 10.7. The van der Waals surface area contributed by atoms with E-state index in [0.29, 0.717) is 19.3 Å². The lowest BCUT2D eigenvalue weighted by atomic mass is 9.44. The third kappa shape index (κ3) is 3.18. The average molecular weight is 577 g/mol. The van der Waals surface area contributed by atoms with Gasteiger partial charge in [0, 0.05) is 11.8 Å².